The molecule has 0 bridgehead atoms. The van der Waals surface area contributed by atoms with Gasteiger partial charge in [-0.1, -0.05) is 6.92 Å². The fraction of sp³-hybridized carbons (Fsp3) is 0.727. The smallest absolute Gasteiger partial charge is 0.194 e. The van der Waals surface area contributed by atoms with Gasteiger partial charge in [0.1, 0.15) is 12.4 Å². The third-order valence-corrected chi connectivity index (χ3v) is 3.04. The molecule has 4 nitrogen and oxygen atoms in total. The number of hydrogen-bond donors (Lipinski definition) is 1. The molecular weight excluding hydrogens is 192 g/mol. The number of aromatic nitrogens is 1. The lowest BCUT2D eigenvalue weighted by molar-refractivity contribution is 0.241. The summed E-state index contributed by atoms with van der Waals surface area (Å²) in [4.78, 5) is 6.60. The van der Waals surface area contributed by atoms with Crippen LogP contribution >= 0.6 is 0 Å². The van der Waals surface area contributed by atoms with Gasteiger partial charge in [0.25, 0.3) is 0 Å². The van der Waals surface area contributed by atoms with Crippen molar-refractivity contribution in [2.45, 2.75) is 26.4 Å². The Balaban J connectivity index is 1.87. The summed E-state index contributed by atoms with van der Waals surface area (Å²) in [5.41, 5.74) is 0. The molecule has 1 unspecified atom stereocenters. The number of likely N-dealkylation sites (tertiary alicyclic amines) is 1. The Morgan fingerprint density at radius 1 is 1.67 bits per heavy atom. The molecule has 0 amide bonds. The summed E-state index contributed by atoms with van der Waals surface area (Å²) < 4.78 is 5.38. The lowest BCUT2D eigenvalue weighted by Crippen LogP contribution is -2.20. The van der Waals surface area contributed by atoms with Gasteiger partial charge in [-0.15, -0.1) is 0 Å². The van der Waals surface area contributed by atoms with Crippen LogP contribution in [0.4, 0.5) is 0 Å². The first kappa shape index (κ1) is 10.6. The van der Waals surface area contributed by atoms with Crippen LogP contribution in [0, 0.1) is 5.92 Å². The largest absolute Gasteiger partial charge is 0.443 e. The van der Waals surface area contributed by atoms with Crippen LogP contribution < -0.4 is 0 Å². The van der Waals surface area contributed by atoms with E-state index in [9.17, 15) is 0 Å². The lowest BCUT2D eigenvalue weighted by Gasteiger charge is -2.11. The maximum absolute atomic E-state index is 8.85. The van der Waals surface area contributed by atoms with Crippen LogP contribution in [0.1, 0.15) is 25.0 Å². The van der Waals surface area contributed by atoms with E-state index in [-0.39, 0.29) is 6.61 Å². The topological polar surface area (TPSA) is 49.5 Å². The van der Waals surface area contributed by atoms with Gasteiger partial charge in [0, 0.05) is 13.0 Å². The Hall–Kier alpha value is -0.870. The minimum Gasteiger partial charge on any atom is -0.443 e. The lowest BCUT2D eigenvalue weighted by atomic mass is 10.1. The van der Waals surface area contributed by atoms with Crippen LogP contribution in [-0.2, 0) is 13.0 Å². The molecule has 1 aromatic heterocycles. The predicted octanol–water partition coefficient (Wildman–Crippen LogP) is 1.05. The number of hydrogen-bond acceptors (Lipinski definition) is 4. The summed E-state index contributed by atoms with van der Waals surface area (Å²) in [5, 5.41) is 8.85. The summed E-state index contributed by atoms with van der Waals surface area (Å²) in [6, 6.07) is 0. The maximum atomic E-state index is 8.85. The number of rotatable bonds is 4. The fourth-order valence-electron chi connectivity index (χ4n) is 2.13. The highest BCUT2D eigenvalue weighted by Crippen LogP contribution is 2.20. The second kappa shape index (κ2) is 4.77. The zero-order valence-corrected chi connectivity index (χ0v) is 9.15. The first-order chi connectivity index (χ1) is 7.31. The zero-order chi connectivity index (χ0) is 10.7. The van der Waals surface area contributed by atoms with Gasteiger partial charge < -0.3 is 14.4 Å². The maximum Gasteiger partial charge on any atom is 0.194 e. The monoisotopic (exact) mass is 210 g/mol. The van der Waals surface area contributed by atoms with Gasteiger partial charge in [-0.25, -0.2) is 4.98 Å². The van der Waals surface area contributed by atoms with Gasteiger partial charge in [-0.2, -0.15) is 0 Å². The van der Waals surface area contributed by atoms with E-state index in [2.05, 4.69) is 16.8 Å². The van der Waals surface area contributed by atoms with Crippen molar-refractivity contribution in [1.29, 1.82) is 0 Å². The van der Waals surface area contributed by atoms with E-state index >= 15 is 0 Å². The van der Waals surface area contributed by atoms with Gasteiger partial charge in [-0.3, -0.25) is 0 Å². The molecule has 0 spiro atoms. The van der Waals surface area contributed by atoms with Crippen LogP contribution in [-0.4, -0.2) is 34.6 Å². The molecule has 0 aliphatic carbocycles. The third-order valence-electron chi connectivity index (χ3n) is 3.04. The quantitative estimate of drug-likeness (QED) is 0.807. The fourth-order valence-corrected chi connectivity index (χ4v) is 2.13. The Kier molecular flexibility index (Phi) is 3.38. The Morgan fingerprint density at radius 2 is 2.53 bits per heavy atom. The Bertz CT molecular complexity index is 311. The summed E-state index contributed by atoms with van der Waals surface area (Å²) in [6.45, 7) is 5.60. The number of aliphatic hydroxyl groups is 1. The van der Waals surface area contributed by atoms with Gasteiger partial charge in [0.15, 0.2) is 5.89 Å². The molecule has 1 aromatic rings. The van der Waals surface area contributed by atoms with Crippen LogP contribution in [0.25, 0.3) is 0 Å². The highest BCUT2D eigenvalue weighted by Gasteiger charge is 2.22. The number of aliphatic hydroxyl groups excluding tert-OH is 1. The molecular formula is C11H18N2O2. The molecule has 2 heterocycles. The predicted molar refractivity (Wildman–Crippen MR) is 56.4 cm³/mol. The van der Waals surface area contributed by atoms with Crippen LogP contribution in [0.3, 0.4) is 0 Å². The second-order valence-electron chi connectivity index (χ2n) is 4.13. The molecule has 1 saturated heterocycles. The average Bonchev–Trinajstić information content (AvgIpc) is 2.87. The van der Waals surface area contributed by atoms with E-state index in [1.165, 1.54) is 13.0 Å². The van der Waals surface area contributed by atoms with Gasteiger partial charge >= 0.3 is 0 Å². The van der Waals surface area contributed by atoms with E-state index in [4.69, 9.17) is 9.52 Å². The van der Waals surface area contributed by atoms with Crippen LogP contribution in [0.5, 0.6) is 0 Å². The summed E-state index contributed by atoms with van der Waals surface area (Å²) in [5.74, 6) is 1.99. The van der Waals surface area contributed by atoms with Crippen molar-refractivity contribution in [2.75, 3.05) is 19.6 Å². The van der Waals surface area contributed by atoms with E-state index in [0.29, 0.717) is 11.7 Å². The van der Waals surface area contributed by atoms with Crippen molar-refractivity contribution in [1.82, 2.24) is 9.88 Å². The molecule has 1 N–H and O–H groups in total. The van der Waals surface area contributed by atoms with E-state index in [1.807, 2.05) is 0 Å². The molecule has 84 valence electrons. The Labute approximate surface area is 89.9 Å². The first-order valence-electron chi connectivity index (χ1n) is 5.58. The van der Waals surface area contributed by atoms with Crippen molar-refractivity contribution >= 4 is 0 Å². The van der Waals surface area contributed by atoms with Crippen molar-refractivity contribution in [3.8, 4) is 0 Å². The van der Waals surface area contributed by atoms with E-state index < -0.39 is 0 Å². The highest BCUT2D eigenvalue weighted by atomic mass is 16.4. The van der Waals surface area contributed by atoms with Crippen LogP contribution in [0.2, 0.25) is 0 Å². The van der Waals surface area contributed by atoms with Crippen molar-refractivity contribution in [3.63, 3.8) is 0 Å². The average molecular weight is 210 g/mol. The number of nitrogens with zero attached hydrogens (tertiary/aromatic N) is 2. The standard InChI is InChI=1S/C11H18N2O2/c1-2-13-4-3-9(7-13)5-11-12-6-10(8-14)15-11/h6,9,14H,2-5,7-8H2,1H3. The molecule has 0 radical (unpaired) electrons. The molecule has 15 heavy (non-hydrogen) atoms. The molecule has 4 heteroatoms. The minimum atomic E-state index is -0.0568. The molecule has 0 aromatic carbocycles. The first-order valence-corrected chi connectivity index (χ1v) is 5.58. The molecule has 1 atom stereocenters. The van der Waals surface area contributed by atoms with Crippen LogP contribution in [0.15, 0.2) is 10.6 Å². The molecule has 1 fully saturated rings. The molecule has 1 aliphatic rings. The molecule has 2 rings (SSSR count). The summed E-state index contributed by atoms with van der Waals surface area (Å²) in [7, 11) is 0. The second-order valence-corrected chi connectivity index (χ2v) is 4.13. The SMILES string of the molecule is CCN1CCC(Cc2ncc(CO)o2)C1. The summed E-state index contributed by atoms with van der Waals surface area (Å²) in [6.07, 6.45) is 3.74. The molecule has 1 aliphatic heterocycles. The Morgan fingerprint density at radius 3 is 3.13 bits per heavy atom. The van der Waals surface area contributed by atoms with E-state index in [1.54, 1.807) is 6.20 Å². The van der Waals surface area contributed by atoms with Gasteiger partial charge in [-0.05, 0) is 25.4 Å². The van der Waals surface area contributed by atoms with E-state index in [0.717, 1.165) is 25.4 Å². The van der Waals surface area contributed by atoms with Gasteiger partial charge in [0.2, 0.25) is 0 Å². The van der Waals surface area contributed by atoms with Crippen molar-refractivity contribution in [3.05, 3.63) is 17.8 Å². The normalized spacial score (nSPS) is 22.4. The zero-order valence-electron chi connectivity index (χ0n) is 9.15. The van der Waals surface area contributed by atoms with Gasteiger partial charge in [0.05, 0.1) is 6.20 Å². The highest BCUT2D eigenvalue weighted by molar-refractivity contribution is 4.94. The number of oxazole rings is 1. The molecule has 0 saturated carbocycles. The van der Waals surface area contributed by atoms with Crippen molar-refractivity contribution in [2.24, 2.45) is 5.92 Å². The third kappa shape index (κ3) is 2.58. The minimum absolute atomic E-state index is 0.0568. The van der Waals surface area contributed by atoms with Crippen molar-refractivity contribution < 1.29 is 9.52 Å². The summed E-state index contributed by atoms with van der Waals surface area (Å²) >= 11 is 0.